The number of nitrogens with two attached hydrogens (primary N) is 1. The highest BCUT2D eigenvalue weighted by Crippen LogP contribution is 2.14. The SMILES string of the molecule is CS(=O)(=O)N=c1[nH]ccn1CCCOc1nccc(NC(N)=NCC(F)(F)F)n1.O=C(O)C=CC(=O)O. The van der Waals surface area contributed by atoms with Gasteiger partial charge in [0, 0.05) is 37.3 Å². The molecule has 0 aliphatic heterocycles. The van der Waals surface area contributed by atoms with Gasteiger partial charge in [0.05, 0.1) is 12.9 Å². The second-order valence-electron chi connectivity index (χ2n) is 6.68. The zero-order chi connectivity index (χ0) is 28.1. The van der Waals surface area contributed by atoms with Gasteiger partial charge in [-0.3, -0.25) is 0 Å². The van der Waals surface area contributed by atoms with Crippen molar-refractivity contribution < 1.29 is 46.1 Å². The first-order chi connectivity index (χ1) is 17.1. The van der Waals surface area contributed by atoms with E-state index >= 15 is 0 Å². The number of hydrogen-bond donors (Lipinski definition) is 5. The number of imidazole rings is 1. The highest BCUT2D eigenvalue weighted by atomic mass is 32.2. The van der Waals surface area contributed by atoms with Crippen LogP contribution in [0.15, 0.2) is 46.2 Å². The predicted octanol–water partition coefficient (Wildman–Crippen LogP) is -0.0637. The van der Waals surface area contributed by atoms with Gasteiger partial charge in [-0.2, -0.15) is 18.2 Å². The normalized spacial score (nSPS) is 12.6. The number of aryl methyl sites for hydroxylation is 1. The summed E-state index contributed by atoms with van der Waals surface area (Å²) < 4.78 is 69.4. The Morgan fingerprint density at radius 3 is 2.51 bits per heavy atom. The molecule has 0 saturated heterocycles. The van der Waals surface area contributed by atoms with E-state index in [2.05, 4.69) is 29.7 Å². The zero-order valence-corrected chi connectivity index (χ0v) is 19.9. The third kappa shape index (κ3) is 15.2. The van der Waals surface area contributed by atoms with E-state index in [1.54, 1.807) is 17.0 Å². The molecular formula is C18H23F3N8O7S. The van der Waals surface area contributed by atoms with E-state index in [1.165, 1.54) is 12.3 Å². The second-order valence-corrected chi connectivity index (χ2v) is 8.33. The summed E-state index contributed by atoms with van der Waals surface area (Å²) in [7, 11) is -3.54. The van der Waals surface area contributed by atoms with E-state index in [-0.39, 0.29) is 24.1 Å². The average molecular weight is 552 g/mol. The summed E-state index contributed by atoms with van der Waals surface area (Å²) in [4.78, 5) is 32.8. The minimum atomic E-state index is -4.46. The summed E-state index contributed by atoms with van der Waals surface area (Å²) in [6, 6.07) is 1.37. The van der Waals surface area contributed by atoms with Gasteiger partial charge in [0.1, 0.15) is 12.4 Å². The standard InChI is InChI=1S/C14H19F3N8O3S.C4H4O4/c1-29(26,27)24-12-19-5-7-25(12)6-2-8-28-13-20-4-3-10(23-13)22-11(18)21-9-14(15,16)17;5-3(6)1-2-4(7)8/h3-5,7H,2,6,8-9H2,1H3,(H,19,24)(H3,18,20,21,22,23);1-2H,(H,5,6)(H,7,8). The minimum Gasteiger partial charge on any atom is -0.478 e. The van der Waals surface area contributed by atoms with Gasteiger partial charge in [-0.15, -0.1) is 4.40 Å². The van der Waals surface area contributed by atoms with Gasteiger partial charge in [0.25, 0.3) is 10.0 Å². The first kappa shape index (κ1) is 30.6. The van der Waals surface area contributed by atoms with E-state index < -0.39 is 40.6 Å². The monoisotopic (exact) mass is 552 g/mol. The number of rotatable bonds is 10. The summed E-state index contributed by atoms with van der Waals surface area (Å²) in [6.07, 6.45) is 2.64. The van der Waals surface area contributed by atoms with E-state index in [9.17, 15) is 31.2 Å². The Labute approximate surface area is 207 Å². The summed E-state index contributed by atoms with van der Waals surface area (Å²) in [5.74, 6) is -2.84. The maximum absolute atomic E-state index is 12.1. The van der Waals surface area contributed by atoms with E-state index in [0.29, 0.717) is 25.1 Å². The fourth-order valence-electron chi connectivity index (χ4n) is 2.14. The average Bonchev–Trinajstić information content (AvgIpc) is 3.19. The summed E-state index contributed by atoms with van der Waals surface area (Å²) in [5, 5.41) is 18.0. The van der Waals surface area contributed by atoms with Crippen LogP contribution in [-0.2, 0) is 26.2 Å². The van der Waals surface area contributed by atoms with Gasteiger partial charge < -0.3 is 35.6 Å². The molecule has 0 atom stereocenters. The molecule has 6 N–H and O–H groups in total. The van der Waals surface area contributed by atoms with E-state index in [4.69, 9.17) is 20.7 Å². The van der Waals surface area contributed by atoms with Crippen molar-refractivity contribution in [2.24, 2.45) is 15.1 Å². The quantitative estimate of drug-likeness (QED) is 0.113. The number of nitrogens with one attached hydrogen (secondary N) is 2. The topological polar surface area (TPSA) is 227 Å². The largest absolute Gasteiger partial charge is 0.478 e. The summed E-state index contributed by atoms with van der Waals surface area (Å²) in [6.45, 7) is -0.810. The Morgan fingerprint density at radius 1 is 1.30 bits per heavy atom. The van der Waals surface area contributed by atoms with Crippen LogP contribution >= 0.6 is 0 Å². The molecule has 0 spiro atoms. The number of alkyl halides is 3. The van der Waals surface area contributed by atoms with Crippen molar-refractivity contribution in [3.63, 3.8) is 0 Å². The molecule has 204 valence electrons. The smallest absolute Gasteiger partial charge is 0.408 e. The van der Waals surface area contributed by atoms with Crippen molar-refractivity contribution in [2.45, 2.75) is 19.1 Å². The lowest BCUT2D eigenvalue weighted by Gasteiger charge is -2.08. The number of hydrogen-bond acceptors (Lipinski definition) is 8. The number of aliphatic imine (C=N–C) groups is 1. The third-order valence-electron chi connectivity index (χ3n) is 3.45. The van der Waals surface area contributed by atoms with Crippen molar-refractivity contribution in [3.8, 4) is 6.01 Å². The Hall–Kier alpha value is -4.42. The number of anilines is 1. The lowest BCUT2D eigenvalue weighted by Crippen LogP contribution is -2.26. The van der Waals surface area contributed by atoms with Crippen LogP contribution in [0.1, 0.15) is 6.42 Å². The first-order valence-corrected chi connectivity index (χ1v) is 11.7. The zero-order valence-electron chi connectivity index (χ0n) is 19.1. The molecule has 2 rings (SSSR count). The lowest BCUT2D eigenvalue weighted by atomic mass is 10.4. The number of nitrogens with zero attached hydrogens (tertiary/aromatic N) is 5. The van der Waals surface area contributed by atoms with Gasteiger partial charge >= 0.3 is 24.1 Å². The van der Waals surface area contributed by atoms with Crippen LogP contribution in [0.25, 0.3) is 0 Å². The fraction of sp³-hybridized carbons (Fsp3) is 0.333. The Bertz CT molecular complexity index is 1270. The predicted molar refractivity (Wildman–Crippen MR) is 122 cm³/mol. The molecule has 19 heteroatoms. The number of aromatic nitrogens is 4. The Balaban J connectivity index is 0.000000738. The van der Waals surface area contributed by atoms with Crippen LogP contribution < -0.4 is 21.4 Å². The maximum atomic E-state index is 12.1. The Kier molecular flexibility index (Phi) is 11.8. The molecule has 37 heavy (non-hydrogen) atoms. The van der Waals surface area contributed by atoms with Crippen LogP contribution in [0.4, 0.5) is 19.0 Å². The van der Waals surface area contributed by atoms with Crippen LogP contribution in [0.2, 0.25) is 0 Å². The van der Waals surface area contributed by atoms with Crippen molar-refractivity contribution in [2.75, 3.05) is 24.7 Å². The molecule has 0 aliphatic rings. The number of aliphatic carboxylic acids is 2. The molecular weight excluding hydrogens is 529 g/mol. The number of H-pyrrole nitrogens is 1. The number of halogens is 3. The maximum Gasteiger partial charge on any atom is 0.408 e. The minimum absolute atomic E-state index is 0.0151. The summed E-state index contributed by atoms with van der Waals surface area (Å²) in [5.41, 5.74) is 5.56. The number of carboxylic acid groups (broad SMARTS) is 2. The molecule has 0 aliphatic carbocycles. The van der Waals surface area contributed by atoms with Crippen molar-refractivity contribution in [3.05, 3.63) is 42.4 Å². The number of carbonyl (C=O) groups is 2. The van der Waals surface area contributed by atoms with Crippen molar-refractivity contribution in [1.29, 1.82) is 0 Å². The Morgan fingerprint density at radius 2 is 1.95 bits per heavy atom. The van der Waals surface area contributed by atoms with Crippen LogP contribution in [-0.4, -0.2) is 81.6 Å². The van der Waals surface area contributed by atoms with Gasteiger partial charge in [-0.1, -0.05) is 0 Å². The summed E-state index contributed by atoms with van der Waals surface area (Å²) >= 11 is 0. The van der Waals surface area contributed by atoms with Crippen LogP contribution in [0.5, 0.6) is 6.01 Å². The third-order valence-corrected chi connectivity index (χ3v) is 3.96. The molecule has 0 bridgehead atoms. The molecule has 0 radical (unpaired) electrons. The van der Waals surface area contributed by atoms with Crippen molar-refractivity contribution in [1.82, 2.24) is 19.5 Å². The second kappa shape index (κ2) is 14.2. The number of aromatic amines is 1. The lowest BCUT2D eigenvalue weighted by molar-refractivity contribution is -0.134. The molecule has 2 heterocycles. The molecule has 2 aromatic rings. The van der Waals surface area contributed by atoms with Gasteiger partial charge in [0.2, 0.25) is 5.62 Å². The van der Waals surface area contributed by atoms with Gasteiger partial charge in [0.15, 0.2) is 5.96 Å². The molecule has 0 saturated carbocycles. The number of ether oxygens (including phenoxy) is 1. The molecule has 15 nitrogen and oxygen atoms in total. The number of sulfonamides is 1. The fourth-order valence-corrected chi connectivity index (χ4v) is 2.61. The molecule has 2 aromatic heterocycles. The highest BCUT2D eigenvalue weighted by molar-refractivity contribution is 7.89. The van der Waals surface area contributed by atoms with Crippen LogP contribution in [0, 0.1) is 0 Å². The first-order valence-electron chi connectivity index (χ1n) is 9.88. The van der Waals surface area contributed by atoms with E-state index in [0.717, 1.165) is 6.26 Å². The van der Waals surface area contributed by atoms with Gasteiger partial charge in [-0.05, 0) is 12.5 Å². The molecule has 0 amide bonds. The molecule has 0 aromatic carbocycles. The van der Waals surface area contributed by atoms with Crippen LogP contribution in [0.3, 0.4) is 0 Å². The molecule has 0 unspecified atom stereocenters. The van der Waals surface area contributed by atoms with E-state index in [1.807, 2.05) is 0 Å². The molecule has 0 fully saturated rings. The number of carboxylic acids is 2. The van der Waals surface area contributed by atoms with Gasteiger partial charge in [-0.25, -0.2) is 28.0 Å². The number of guanidine groups is 1. The van der Waals surface area contributed by atoms with Crippen molar-refractivity contribution >= 4 is 33.7 Å². The highest BCUT2D eigenvalue weighted by Gasteiger charge is 2.26.